The summed E-state index contributed by atoms with van der Waals surface area (Å²) in [6.07, 6.45) is 4.35. The molecular weight excluding hydrogens is 226 g/mol. The van der Waals surface area contributed by atoms with Gasteiger partial charge in [-0.1, -0.05) is 6.07 Å². The van der Waals surface area contributed by atoms with Gasteiger partial charge >= 0.3 is 0 Å². The van der Waals surface area contributed by atoms with Gasteiger partial charge in [0.15, 0.2) is 0 Å². The lowest BCUT2D eigenvalue weighted by atomic mass is 9.87. The van der Waals surface area contributed by atoms with E-state index in [4.69, 9.17) is 9.84 Å². The van der Waals surface area contributed by atoms with E-state index >= 15 is 0 Å². The highest BCUT2D eigenvalue weighted by Gasteiger charge is 2.21. The molecule has 0 amide bonds. The van der Waals surface area contributed by atoms with Crippen LogP contribution in [0.3, 0.4) is 0 Å². The first-order chi connectivity index (χ1) is 8.74. The molecule has 0 saturated heterocycles. The van der Waals surface area contributed by atoms with Crippen LogP contribution in [-0.4, -0.2) is 24.9 Å². The molecule has 2 atom stereocenters. The highest BCUT2D eigenvalue weighted by Crippen LogP contribution is 2.32. The fourth-order valence-corrected chi connectivity index (χ4v) is 2.70. The second-order valence-electron chi connectivity index (χ2n) is 5.09. The van der Waals surface area contributed by atoms with Crippen LogP contribution in [0.5, 0.6) is 5.75 Å². The Balaban J connectivity index is 2.15. The molecular formula is C15H23NO2. The number of rotatable bonds is 5. The highest BCUT2D eigenvalue weighted by atomic mass is 16.5. The van der Waals surface area contributed by atoms with E-state index in [0.29, 0.717) is 12.1 Å². The first-order valence-corrected chi connectivity index (χ1v) is 6.78. The van der Waals surface area contributed by atoms with E-state index < -0.39 is 0 Å². The van der Waals surface area contributed by atoms with Gasteiger partial charge in [-0.3, -0.25) is 0 Å². The maximum Gasteiger partial charge on any atom is 0.119 e. The minimum atomic E-state index is 0.242. The third-order valence-electron chi connectivity index (χ3n) is 3.72. The summed E-state index contributed by atoms with van der Waals surface area (Å²) >= 11 is 0. The summed E-state index contributed by atoms with van der Waals surface area (Å²) in [5.41, 5.74) is 2.79. The summed E-state index contributed by atoms with van der Waals surface area (Å²) in [6.45, 7) is 2.37. The molecule has 2 rings (SSSR count). The maximum absolute atomic E-state index is 8.98. The van der Waals surface area contributed by atoms with Crippen LogP contribution in [0.2, 0.25) is 0 Å². The second kappa shape index (κ2) is 6.21. The van der Waals surface area contributed by atoms with Crippen LogP contribution in [0.25, 0.3) is 0 Å². The molecule has 3 heteroatoms. The number of ether oxygens (including phenoxy) is 1. The number of methoxy groups -OCH3 is 1. The van der Waals surface area contributed by atoms with Crippen molar-refractivity contribution >= 4 is 0 Å². The first kappa shape index (κ1) is 13.4. The molecule has 0 heterocycles. The predicted octanol–water partition coefficient (Wildman–Crippen LogP) is 2.43. The Morgan fingerprint density at radius 3 is 3.06 bits per heavy atom. The minimum absolute atomic E-state index is 0.242. The fraction of sp³-hybridized carbons (Fsp3) is 0.600. The lowest BCUT2D eigenvalue weighted by Crippen LogP contribution is -2.33. The van der Waals surface area contributed by atoms with Crippen LogP contribution in [-0.2, 0) is 6.42 Å². The SMILES string of the molecule is COc1ccc2c(c1)C(NC(C)CCO)CCC2. The Morgan fingerprint density at radius 2 is 2.33 bits per heavy atom. The lowest BCUT2D eigenvalue weighted by Gasteiger charge is -2.29. The summed E-state index contributed by atoms with van der Waals surface area (Å²) in [7, 11) is 1.71. The van der Waals surface area contributed by atoms with Crippen molar-refractivity contribution < 1.29 is 9.84 Å². The normalized spacial score (nSPS) is 20.3. The van der Waals surface area contributed by atoms with Gasteiger partial charge in [-0.15, -0.1) is 0 Å². The summed E-state index contributed by atoms with van der Waals surface area (Å²) in [5.74, 6) is 0.928. The van der Waals surface area contributed by atoms with Gasteiger partial charge < -0.3 is 15.2 Å². The number of fused-ring (bicyclic) bond motifs is 1. The van der Waals surface area contributed by atoms with Gasteiger partial charge in [0.1, 0.15) is 5.75 Å². The molecule has 0 aromatic heterocycles. The largest absolute Gasteiger partial charge is 0.497 e. The smallest absolute Gasteiger partial charge is 0.119 e. The van der Waals surface area contributed by atoms with Crippen molar-refractivity contribution in [1.82, 2.24) is 5.32 Å². The number of aliphatic hydroxyl groups excluding tert-OH is 1. The van der Waals surface area contributed by atoms with E-state index in [2.05, 4.69) is 24.4 Å². The highest BCUT2D eigenvalue weighted by molar-refractivity contribution is 5.39. The Bertz CT molecular complexity index is 392. The summed E-state index contributed by atoms with van der Waals surface area (Å²) in [6, 6.07) is 7.11. The number of aryl methyl sites for hydroxylation is 1. The second-order valence-corrected chi connectivity index (χ2v) is 5.09. The Labute approximate surface area is 109 Å². The maximum atomic E-state index is 8.98. The Kier molecular flexibility index (Phi) is 4.61. The standard InChI is InChI=1S/C15H23NO2/c1-11(8-9-17)16-15-5-3-4-12-6-7-13(18-2)10-14(12)15/h6-7,10-11,15-17H,3-5,8-9H2,1-2H3. The Hall–Kier alpha value is -1.06. The molecule has 100 valence electrons. The molecule has 0 radical (unpaired) electrons. The topological polar surface area (TPSA) is 41.5 Å². The van der Waals surface area contributed by atoms with Crippen molar-refractivity contribution in [3.8, 4) is 5.75 Å². The van der Waals surface area contributed by atoms with Gasteiger partial charge in [0.05, 0.1) is 7.11 Å². The van der Waals surface area contributed by atoms with Crippen molar-refractivity contribution in [1.29, 1.82) is 0 Å². The number of benzene rings is 1. The van der Waals surface area contributed by atoms with Crippen molar-refractivity contribution in [2.45, 2.75) is 44.7 Å². The van der Waals surface area contributed by atoms with Gasteiger partial charge in [-0.2, -0.15) is 0 Å². The van der Waals surface area contributed by atoms with Crippen molar-refractivity contribution in [3.05, 3.63) is 29.3 Å². The van der Waals surface area contributed by atoms with E-state index in [0.717, 1.165) is 25.0 Å². The van der Waals surface area contributed by atoms with Gasteiger partial charge in [-0.25, -0.2) is 0 Å². The molecule has 3 nitrogen and oxygen atoms in total. The summed E-state index contributed by atoms with van der Waals surface area (Å²) in [4.78, 5) is 0. The summed E-state index contributed by atoms with van der Waals surface area (Å²) in [5, 5.41) is 12.6. The van der Waals surface area contributed by atoms with E-state index in [9.17, 15) is 0 Å². The average molecular weight is 249 g/mol. The van der Waals surface area contributed by atoms with Crippen LogP contribution >= 0.6 is 0 Å². The van der Waals surface area contributed by atoms with Crippen LogP contribution in [0.15, 0.2) is 18.2 Å². The molecule has 1 aromatic carbocycles. The molecule has 1 aromatic rings. The summed E-state index contributed by atoms with van der Waals surface area (Å²) < 4.78 is 5.31. The number of hydrogen-bond acceptors (Lipinski definition) is 3. The Morgan fingerprint density at radius 1 is 1.50 bits per heavy atom. The zero-order valence-corrected chi connectivity index (χ0v) is 11.3. The van der Waals surface area contributed by atoms with Crippen molar-refractivity contribution in [2.75, 3.05) is 13.7 Å². The molecule has 1 aliphatic rings. The predicted molar refractivity (Wildman–Crippen MR) is 73.0 cm³/mol. The molecule has 18 heavy (non-hydrogen) atoms. The van der Waals surface area contributed by atoms with Gasteiger partial charge in [0, 0.05) is 18.7 Å². The van der Waals surface area contributed by atoms with Gasteiger partial charge in [-0.05, 0) is 55.9 Å². The number of nitrogens with one attached hydrogen (secondary N) is 1. The average Bonchev–Trinajstić information content (AvgIpc) is 2.39. The number of hydrogen-bond donors (Lipinski definition) is 2. The molecule has 0 aliphatic heterocycles. The van der Waals surface area contributed by atoms with Gasteiger partial charge in [0.25, 0.3) is 0 Å². The monoisotopic (exact) mass is 249 g/mol. The molecule has 0 fully saturated rings. The molecule has 0 spiro atoms. The van der Waals surface area contributed by atoms with E-state index in [1.807, 2.05) is 6.07 Å². The third kappa shape index (κ3) is 3.03. The molecule has 1 aliphatic carbocycles. The minimum Gasteiger partial charge on any atom is -0.497 e. The first-order valence-electron chi connectivity index (χ1n) is 6.78. The van der Waals surface area contributed by atoms with Crippen LogP contribution < -0.4 is 10.1 Å². The number of aliphatic hydroxyl groups is 1. The quantitative estimate of drug-likeness (QED) is 0.842. The van der Waals surface area contributed by atoms with E-state index in [1.165, 1.54) is 17.5 Å². The van der Waals surface area contributed by atoms with Crippen LogP contribution in [0.4, 0.5) is 0 Å². The van der Waals surface area contributed by atoms with Crippen LogP contribution in [0, 0.1) is 0 Å². The van der Waals surface area contributed by atoms with E-state index in [-0.39, 0.29) is 6.61 Å². The molecule has 2 N–H and O–H groups in total. The zero-order valence-electron chi connectivity index (χ0n) is 11.3. The van der Waals surface area contributed by atoms with Gasteiger partial charge in [0.2, 0.25) is 0 Å². The van der Waals surface area contributed by atoms with Crippen molar-refractivity contribution in [2.24, 2.45) is 0 Å². The van der Waals surface area contributed by atoms with Crippen molar-refractivity contribution in [3.63, 3.8) is 0 Å². The van der Waals surface area contributed by atoms with E-state index in [1.54, 1.807) is 7.11 Å². The lowest BCUT2D eigenvalue weighted by molar-refractivity contribution is 0.260. The molecule has 2 unspecified atom stereocenters. The molecule has 0 bridgehead atoms. The molecule has 0 saturated carbocycles. The fourth-order valence-electron chi connectivity index (χ4n) is 2.70. The third-order valence-corrected chi connectivity index (χ3v) is 3.72. The zero-order chi connectivity index (χ0) is 13.0. The van der Waals surface area contributed by atoms with Crippen LogP contribution in [0.1, 0.15) is 43.4 Å².